The standard InChI is InChI=1S/C14H17N3O2/c1-17-14(12(18-2)8-16-17)13(15)11-7-9-5-3-4-6-10(9)19-11/h3-6,8,11,13H,7,15H2,1-2H3. The van der Waals surface area contributed by atoms with Gasteiger partial charge >= 0.3 is 0 Å². The third kappa shape index (κ3) is 1.96. The molecule has 2 heterocycles. The van der Waals surface area contributed by atoms with Gasteiger partial charge in [0.25, 0.3) is 0 Å². The molecule has 2 unspecified atom stereocenters. The lowest BCUT2D eigenvalue weighted by Gasteiger charge is -2.20. The van der Waals surface area contributed by atoms with Gasteiger partial charge in [0.1, 0.15) is 17.5 Å². The number of methoxy groups -OCH3 is 1. The molecule has 2 aromatic rings. The lowest BCUT2D eigenvalue weighted by atomic mass is 10.0. The molecule has 3 rings (SSSR count). The molecule has 1 aliphatic rings. The summed E-state index contributed by atoms with van der Waals surface area (Å²) in [6.45, 7) is 0. The molecule has 5 heteroatoms. The minimum Gasteiger partial charge on any atom is -0.493 e. The monoisotopic (exact) mass is 259 g/mol. The Morgan fingerprint density at radius 1 is 1.47 bits per heavy atom. The lowest BCUT2D eigenvalue weighted by molar-refractivity contribution is 0.193. The van der Waals surface area contributed by atoms with Gasteiger partial charge in [-0.05, 0) is 11.6 Å². The summed E-state index contributed by atoms with van der Waals surface area (Å²) in [5.74, 6) is 1.62. The molecule has 0 saturated heterocycles. The molecule has 1 aliphatic heterocycles. The predicted molar refractivity (Wildman–Crippen MR) is 71.3 cm³/mol. The van der Waals surface area contributed by atoms with Crippen molar-refractivity contribution in [3.8, 4) is 11.5 Å². The summed E-state index contributed by atoms with van der Waals surface area (Å²) in [6, 6.07) is 7.76. The zero-order valence-electron chi connectivity index (χ0n) is 11.0. The van der Waals surface area contributed by atoms with Crippen molar-refractivity contribution in [2.24, 2.45) is 12.8 Å². The molecule has 19 heavy (non-hydrogen) atoms. The number of nitrogens with two attached hydrogens (primary N) is 1. The van der Waals surface area contributed by atoms with Crippen molar-refractivity contribution >= 4 is 0 Å². The van der Waals surface area contributed by atoms with E-state index in [1.807, 2.05) is 25.2 Å². The van der Waals surface area contributed by atoms with Gasteiger partial charge in [-0.1, -0.05) is 18.2 Å². The fourth-order valence-electron chi connectivity index (χ4n) is 2.55. The molecule has 100 valence electrons. The van der Waals surface area contributed by atoms with Crippen LogP contribution in [0.15, 0.2) is 30.5 Å². The Morgan fingerprint density at radius 3 is 3.00 bits per heavy atom. The van der Waals surface area contributed by atoms with E-state index >= 15 is 0 Å². The second-order valence-electron chi connectivity index (χ2n) is 4.72. The summed E-state index contributed by atoms with van der Waals surface area (Å²) in [6.07, 6.45) is 2.41. The van der Waals surface area contributed by atoms with Crippen LogP contribution in [0.25, 0.3) is 0 Å². The summed E-state index contributed by atoms with van der Waals surface area (Å²) in [7, 11) is 3.48. The molecule has 0 bridgehead atoms. The first-order valence-electron chi connectivity index (χ1n) is 6.26. The smallest absolute Gasteiger partial charge is 0.161 e. The molecule has 1 aromatic heterocycles. The Bertz CT molecular complexity index is 569. The average molecular weight is 259 g/mol. The van der Waals surface area contributed by atoms with Crippen molar-refractivity contribution in [3.05, 3.63) is 41.7 Å². The Labute approximate surface area is 111 Å². The fourth-order valence-corrected chi connectivity index (χ4v) is 2.55. The highest BCUT2D eigenvalue weighted by Crippen LogP contribution is 2.35. The highest BCUT2D eigenvalue weighted by atomic mass is 16.5. The van der Waals surface area contributed by atoms with E-state index in [4.69, 9.17) is 15.2 Å². The van der Waals surface area contributed by atoms with E-state index in [0.717, 1.165) is 17.9 Å². The van der Waals surface area contributed by atoms with Crippen LogP contribution in [-0.2, 0) is 13.5 Å². The van der Waals surface area contributed by atoms with Gasteiger partial charge in [-0.3, -0.25) is 4.68 Å². The summed E-state index contributed by atoms with van der Waals surface area (Å²) < 4.78 is 13.0. The number of ether oxygens (including phenoxy) is 2. The zero-order valence-corrected chi connectivity index (χ0v) is 11.0. The van der Waals surface area contributed by atoms with Gasteiger partial charge in [-0.2, -0.15) is 5.10 Å². The summed E-state index contributed by atoms with van der Waals surface area (Å²) in [5, 5.41) is 4.19. The van der Waals surface area contributed by atoms with E-state index in [9.17, 15) is 0 Å². The van der Waals surface area contributed by atoms with E-state index in [2.05, 4.69) is 11.2 Å². The molecule has 1 aromatic carbocycles. The van der Waals surface area contributed by atoms with Crippen LogP contribution in [0.1, 0.15) is 17.3 Å². The van der Waals surface area contributed by atoms with Gasteiger partial charge in [-0.15, -0.1) is 0 Å². The van der Waals surface area contributed by atoms with Crippen LogP contribution in [0.3, 0.4) is 0 Å². The van der Waals surface area contributed by atoms with Crippen LogP contribution in [0.4, 0.5) is 0 Å². The minimum absolute atomic E-state index is 0.0818. The molecule has 0 aliphatic carbocycles. The number of aryl methyl sites for hydroxylation is 1. The molecular weight excluding hydrogens is 242 g/mol. The molecule has 0 radical (unpaired) electrons. The Balaban J connectivity index is 1.87. The molecule has 2 atom stereocenters. The van der Waals surface area contributed by atoms with Crippen LogP contribution in [0.5, 0.6) is 11.5 Å². The van der Waals surface area contributed by atoms with Gasteiger partial charge < -0.3 is 15.2 Å². The van der Waals surface area contributed by atoms with Crippen molar-refractivity contribution in [2.75, 3.05) is 7.11 Å². The largest absolute Gasteiger partial charge is 0.493 e. The van der Waals surface area contributed by atoms with E-state index in [1.165, 1.54) is 5.56 Å². The first-order valence-corrected chi connectivity index (χ1v) is 6.26. The molecule has 0 saturated carbocycles. The van der Waals surface area contributed by atoms with Crippen LogP contribution in [0.2, 0.25) is 0 Å². The van der Waals surface area contributed by atoms with Gasteiger partial charge in [0, 0.05) is 13.5 Å². The van der Waals surface area contributed by atoms with E-state index < -0.39 is 0 Å². The molecule has 5 nitrogen and oxygen atoms in total. The lowest BCUT2D eigenvalue weighted by Crippen LogP contribution is -2.32. The molecular formula is C14H17N3O2. The summed E-state index contributed by atoms with van der Waals surface area (Å²) >= 11 is 0. The van der Waals surface area contributed by atoms with Crippen LogP contribution >= 0.6 is 0 Å². The van der Waals surface area contributed by atoms with Crippen molar-refractivity contribution in [3.63, 3.8) is 0 Å². The quantitative estimate of drug-likeness (QED) is 0.905. The maximum absolute atomic E-state index is 6.34. The minimum atomic E-state index is -0.269. The van der Waals surface area contributed by atoms with Gasteiger partial charge in [-0.25, -0.2) is 0 Å². The Hall–Kier alpha value is -2.01. The van der Waals surface area contributed by atoms with Crippen molar-refractivity contribution < 1.29 is 9.47 Å². The maximum Gasteiger partial charge on any atom is 0.161 e. The van der Waals surface area contributed by atoms with Gasteiger partial charge in [0.05, 0.1) is 19.3 Å². The van der Waals surface area contributed by atoms with Crippen molar-refractivity contribution in [2.45, 2.75) is 18.6 Å². The van der Waals surface area contributed by atoms with Gasteiger partial charge in [0.2, 0.25) is 0 Å². The number of rotatable bonds is 3. The van der Waals surface area contributed by atoms with E-state index in [1.54, 1.807) is 18.0 Å². The number of hydrogen-bond acceptors (Lipinski definition) is 4. The normalized spacial score (nSPS) is 18.8. The topological polar surface area (TPSA) is 62.3 Å². The van der Waals surface area contributed by atoms with E-state index in [-0.39, 0.29) is 12.1 Å². The second kappa shape index (κ2) is 4.59. The van der Waals surface area contributed by atoms with Crippen molar-refractivity contribution in [1.82, 2.24) is 9.78 Å². The first-order chi connectivity index (χ1) is 9.20. The highest BCUT2D eigenvalue weighted by molar-refractivity contribution is 5.39. The molecule has 0 amide bonds. The fraction of sp³-hybridized carbons (Fsp3) is 0.357. The molecule has 2 N–H and O–H groups in total. The maximum atomic E-state index is 6.34. The van der Waals surface area contributed by atoms with Gasteiger partial charge in [0.15, 0.2) is 5.75 Å². The van der Waals surface area contributed by atoms with Crippen LogP contribution < -0.4 is 15.2 Å². The second-order valence-corrected chi connectivity index (χ2v) is 4.72. The highest BCUT2D eigenvalue weighted by Gasteiger charge is 2.32. The Kier molecular flexibility index (Phi) is 2.91. The number of para-hydroxylation sites is 1. The summed E-state index contributed by atoms with van der Waals surface area (Å²) in [4.78, 5) is 0. The third-order valence-corrected chi connectivity index (χ3v) is 3.56. The summed E-state index contributed by atoms with van der Waals surface area (Å²) in [5.41, 5.74) is 8.40. The number of hydrogen-bond donors (Lipinski definition) is 1. The number of fused-ring (bicyclic) bond motifs is 1. The zero-order chi connectivity index (χ0) is 13.4. The van der Waals surface area contributed by atoms with E-state index in [0.29, 0.717) is 5.75 Å². The number of aromatic nitrogens is 2. The first kappa shape index (κ1) is 12.0. The number of nitrogens with zero attached hydrogens (tertiary/aromatic N) is 2. The SMILES string of the molecule is COc1cnn(C)c1C(N)C1Cc2ccccc2O1. The number of benzene rings is 1. The molecule has 0 fully saturated rings. The average Bonchev–Trinajstić information content (AvgIpc) is 3.01. The predicted octanol–water partition coefficient (Wildman–Crippen LogP) is 1.43. The van der Waals surface area contributed by atoms with Crippen LogP contribution in [-0.4, -0.2) is 23.0 Å². The van der Waals surface area contributed by atoms with Crippen LogP contribution in [0, 0.1) is 0 Å². The van der Waals surface area contributed by atoms with Crippen molar-refractivity contribution in [1.29, 1.82) is 0 Å². The molecule has 0 spiro atoms. The Morgan fingerprint density at radius 2 is 2.26 bits per heavy atom. The third-order valence-electron chi connectivity index (χ3n) is 3.56.